The Morgan fingerprint density at radius 1 is 1.05 bits per heavy atom. The molecule has 0 saturated carbocycles. The fourth-order valence-corrected chi connectivity index (χ4v) is 5.01. The standard InChI is InChI=1S/C27H30N6O4/c1-18-28-16-22-17-32(27(36)33(18)22)21-12-14-31(15-13-21)25(34)24(19-6-4-3-5-7-19)30-26(35)29-20-8-10-23(37-2)11-9-20/h3-11,16,21,24H,12-15,17H2,1-2H3,(H2,29,30,35). The normalized spacial score (nSPS) is 16.3. The van der Waals surface area contributed by atoms with Crippen LogP contribution in [0.2, 0.25) is 0 Å². The molecule has 2 N–H and O–H groups in total. The number of amides is 4. The number of nitrogens with one attached hydrogen (secondary N) is 2. The summed E-state index contributed by atoms with van der Waals surface area (Å²) < 4.78 is 6.82. The molecule has 1 atom stereocenters. The smallest absolute Gasteiger partial charge is 0.330 e. The number of carbonyl (C=O) groups is 3. The maximum absolute atomic E-state index is 13.6. The summed E-state index contributed by atoms with van der Waals surface area (Å²) in [6.45, 7) is 3.38. The third-order valence-corrected chi connectivity index (χ3v) is 7.00. The van der Waals surface area contributed by atoms with Crippen LogP contribution in [0.15, 0.2) is 60.8 Å². The number of piperidine rings is 1. The number of methoxy groups -OCH3 is 1. The van der Waals surface area contributed by atoms with Gasteiger partial charge < -0.3 is 25.2 Å². The van der Waals surface area contributed by atoms with Crippen molar-refractivity contribution in [3.05, 3.63) is 77.9 Å². The van der Waals surface area contributed by atoms with Gasteiger partial charge in [-0.3, -0.25) is 9.36 Å². The molecule has 5 rings (SSSR count). The molecule has 10 heteroatoms. The topological polar surface area (TPSA) is 109 Å². The number of aryl methyl sites for hydroxylation is 1. The van der Waals surface area contributed by atoms with E-state index in [9.17, 15) is 14.4 Å². The minimum absolute atomic E-state index is 0.0474. The van der Waals surface area contributed by atoms with Gasteiger partial charge in [0.2, 0.25) is 5.91 Å². The van der Waals surface area contributed by atoms with Crippen LogP contribution in [0, 0.1) is 6.92 Å². The van der Waals surface area contributed by atoms with Gasteiger partial charge in [-0.05, 0) is 49.6 Å². The molecule has 0 aliphatic carbocycles. The summed E-state index contributed by atoms with van der Waals surface area (Å²) in [6, 6.07) is 14.9. The number of rotatable bonds is 6. The average Bonchev–Trinajstić information content (AvgIpc) is 3.47. The van der Waals surface area contributed by atoms with Crippen molar-refractivity contribution in [3.63, 3.8) is 0 Å². The van der Waals surface area contributed by atoms with E-state index in [0.29, 0.717) is 55.3 Å². The lowest BCUT2D eigenvalue weighted by atomic mass is 10.0. The predicted molar refractivity (Wildman–Crippen MR) is 137 cm³/mol. The van der Waals surface area contributed by atoms with Gasteiger partial charge in [0.25, 0.3) is 0 Å². The average molecular weight is 503 g/mol. The molecule has 192 valence electrons. The van der Waals surface area contributed by atoms with Crippen molar-refractivity contribution in [1.29, 1.82) is 0 Å². The van der Waals surface area contributed by atoms with Crippen LogP contribution >= 0.6 is 0 Å². The van der Waals surface area contributed by atoms with Gasteiger partial charge in [0.05, 0.1) is 25.5 Å². The molecule has 2 aromatic carbocycles. The fourth-order valence-electron chi connectivity index (χ4n) is 5.01. The van der Waals surface area contributed by atoms with Gasteiger partial charge in [0.1, 0.15) is 17.6 Å². The first-order chi connectivity index (χ1) is 17.9. The van der Waals surface area contributed by atoms with Crippen LogP contribution in [0.25, 0.3) is 0 Å². The summed E-state index contributed by atoms with van der Waals surface area (Å²) in [5.74, 6) is 1.20. The minimum atomic E-state index is -0.834. The van der Waals surface area contributed by atoms with Crippen molar-refractivity contribution in [2.24, 2.45) is 0 Å². The number of likely N-dealkylation sites (tertiary alicyclic amines) is 1. The lowest BCUT2D eigenvalue weighted by Crippen LogP contribution is -2.50. The van der Waals surface area contributed by atoms with Crippen molar-refractivity contribution in [2.45, 2.75) is 38.4 Å². The lowest BCUT2D eigenvalue weighted by Gasteiger charge is -2.37. The summed E-state index contributed by atoms with van der Waals surface area (Å²) >= 11 is 0. The molecule has 2 aliphatic heterocycles. The Balaban J connectivity index is 1.23. The maximum Gasteiger partial charge on any atom is 0.330 e. The van der Waals surface area contributed by atoms with E-state index in [2.05, 4.69) is 15.6 Å². The van der Waals surface area contributed by atoms with E-state index >= 15 is 0 Å². The Bertz CT molecular complexity index is 1280. The number of fused-ring (bicyclic) bond motifs is 1. The first-order valence-electron chi connectivity index (χ1n) is 12.3. The third-order valence-electron chi connectivity index (χ3n) is 7.00. The van der Waals surface area contributed by atoms with Crippen LogP contribution in [0.5, 0.6) is 5.75 Å². The van der Waals surface area contributed by atoms with Crippen LogP contribution in [0.3, 0.4) is 0 Å². The molecule has 3 heterocycles. The molecule has 37 heavy (non-hydrogen) atoms. The van der Waals surface area contributed by atoms with Crippen LogP contribution in [0.1, 0.15) is 36.0 Å². The molecule has 1 unspecified atom stereocenters. The van der Waals surface area contributed by atoms with Gasteiger partial charge in [-0.1, -0.05) is 30.3 Å². The highest BCUT2D eigenvalue weighted by atomic mass is 16.5. The van der Waals surface area contributed by atoms with Crippen LogP contribution in [-0.2, 0) is 11.3 Å². The summed E-state index contributed by atoms with van der Waals surface area (Å²) in [5, 5.41) is 5.63. The van der Waals surface area contributed by atoms with Crippen LogP contribution < -0.4 is 15.4 Å². The monoisotopic (exact) mass is 502 g/mol. The number of carbonyl (C=O) groups excluding carboxylic acids is 3. The Hall–Kier alpha value is -4.34. The summed E-state index contributed by atoms with van der Waals surface area (Å²) in [4.78, 5) is 47.2. The Labute approximate surface area is 215 Å². The van der Waals surface area contributed by atoms with Gasteiger partial charge in [0, 0.05) is 24.8 Å². The molecule has 1 aromatic heterocycles. The van der Waals surface area contributed by atoms with Crippen molar-refractivity contribution in [1.82, 2.24) is 24.7 Å². The number of hydrogen-bond acceptors (Lipinski definition) is 5. The summed E-state index contributed by atoms with van der Waals surface area (Å²) in [6.07, 6.45) is 3.10. The second-order valence-corrected chi connectivity index (χ2v) is 9.27. The minimum Gasteiger partial charge on any atom is -0.497 e. The van der Waals surface area contributed by atoms with E-state index < -0.39 is 12.1 Å². The van der Waals surface area contributed by atoms with E-state index in [1.807, 2.05) is 42.2 Å². The van der Waals surface area contributed by atoms with E-state index in [1.165, 1.54) is 0 Å². The number of ether oxygens (including phenoxy) is 1. The van der Waals surface area contributed by atoms with Gasteiger partial charge in [-0.15, -0.1) is 0 Å². The number of nitrogens with zero attached hydrogens (tertiary/aromatic N) is 4. The van der Waals surface area contributed by atoms with Gasteiger partial charge in [-0.2, -0.15) is 0 Å². The molecule has 1 fully saturated rings. The molecule has 2 aliphatic rings. The van der Waals surface area contributed by atoms with Crippen molar-refractivity contribution >= 4 is 23.7 Å². The number of anilines is 1. The van der Waals surface area contributed by atoms with Crippen LogP contribution in [0.4, 0.5) is 15.3 Å². The molecule has 10 nitrogen and oxygen atoms in total. The van der Waals surface area contributed by atoms with Crippen LogP contribution in [-0.4, -0.2) is 63.6 Å². The quantitative estimate of drug-likeness (QED) is 0.536. The zero-order valence-electron chi connectivity index (χ0n) is 20.9. The second-order valence-electron chi connectivity index (χ2n) is 9.27. The number of hydrogen-bond donors (Lipinski definition) is 2. The molecular weight excluding hydrogens is 472 g/mol. The van der Waals surface area contributed by atoms with E-state index in [1.54, 1.807) is 47.0 Å². The SMILES string of the molecule is COc1ccc(NC(=O)NC(C(=O)N2CCC(N3Cc4cnc(C)n4C3=O)CC2)c2ccccc2)cc1. The highest BCUT2D eigenvalue weighted by Crippen LogP contribution is 2.27. The van der Waals surface area contributed by atoms with E-state index in [0.717, 1.165) is 5.69 Å². The highest BCUT2D eigenvalue weighted by molar-refractivity contribution is 5.94. The lowest BCUT2D eigenvalue weighted by molar-refractivity contribution is -0.134. The zero-order valence-corrected chi connectivity index (χ0v) is 20.9. The summed E-state index contributed by atoms with van der Waals surface area (Å²) in [5.41, 5.74) is 2.19. The Morgan fingerprint density at radius 2 is 1.76 bits per heavy atom. The molecule has 3 aromatic rings. The van der Waals surface area contributed by atoms with Crippen molar-refractivity contribution in [2.75, 3.05) is 25.5 Å². The summed E-state index contributed by atoms with van der Waals surface area (Å²) in [7, 11) is 1.58. The van der Waals surface area contributed by atoms with Gasteiger partial charge in [0.15, 0.2) is 0 Å². The highest BCUT2D eigenvalue weighted by Gasteiger charge is 2.37. The van der Waals surface area contributed by atoms with E-state index in [4.69, 9.17) is 4.74 Å². The number of imidazole rings is 1. The molecule has 1 saturated heterocycles. The predicted octanol–water partition coefficient (Wildman–Crippen LogP) is 3.54. The zero-order chi connectivity index (χ0) is 25.9. The van der Waals surface area contributed by atoms with E-state index in [-0.39, 0.29) is 18.0 Å². The first kappa shape index (κ1) is 24.4. The molecule has 0 bridgehead atoms. The second kappa shape index (κ2) is 10.3. The van der Waals surface area contributed by atoms with Gasteiger partial charge in [-0.25, -0.2) is 14.6 Å². The van der Waals surface area contributed by atoms with Gasteiger partial charge >= 0.3 is 12.1 Å². The molecule has 4 amide bonds. The molecular formula is C27H30N6O4. The Kier molecular flexibility index (Phi) is 6.80. The van der Waals surface area contributed by atoms with Crippen molar-refractivity contribution < 1.29 is 19.1 Å². The maximum atomic E-state index is 13.6. The number of benzene rings is 2. The first-order valence-corrected chi connectivity index (χ1v) is 12.3. The number of urea groups is 1. The molecule has 0 radical (unpaired) electrons. The fraction of sp³-hybridized carbons (Fsp3) is 0.333. The largest absolute Gasteiger partial charge is 0.497 e. The Morgan fingerprint density at radius 3 is 2.41 bits per heavy atom. The van der Waals surface area contributed by atoms with Crippen molar-refractivity contribution in [3.8, 4) is 5.75 Å². The molecule has 0 spiro atoms. The third kappa shape index (κ3) is 5.00. The number of aromatic nitrogens is 2.